The van der Waals surface area contributed by atoms with Crippen molar-refractivity contribution in [3.8, 4) is 0 Å². The molecule has 3 heteroatoms. The molecule has 0 bridgehead atoms. The molecule has 0 aliphatic heterocycles. The van der Waals surface area contributed by atoms with Gasteiger partial charge in [0, 0.05) is 5.54 Å². The summed E-state index contributed by atoms with van der Waals surface area (Å²) in [6, 6.07) is 0. The molecule has 1 atom stereocenters. The average Bonchev–Trinajstić information content (AvgIpc) is 2.27. The molecule has 0 aromatic heterocycles. The van der Waals surface area contributed by atoms with Gasteiger partial charge in [0.1, 0.15) is 0 Å². The zero-order valence-electron chi connectivity index (χ0n) is 12.8. The molecule has 0 radical (unpaired) electrons. The molecule has 108 valence electrons. The molecule has 0 heterocycles. The molecule has 0 aliphatic carbocycles. The Morgan fingerprint density at radius 1 is 1.11 bits per heavy atom. The lowest BCUT2D eigenvalue weighted by molar-refractivity contribution is -0.144. The highest BCUT2D eigenvalue weighted by molar-refractivity contribution is 5.70. The first-order valence-electron chi connectivity index (χ1n) is 7.12. The highest BCUT2D eigenvalue weighted by atomic mass is 16.5. The van der Waals surface area contributed by atoms with Crippen LogP contribution in [0.2, 0.25) is 0 Å². The summed E-state index contributed by atoms with van der Waals surface area (Å²) in [4.78, 5) is 11.5. The van der Waals surface area contributed by atoms with Crippen molar-refractivity contribution in [2.24, 2.45) is 11.1 Å². The van der Waals surface area contributed by atoms with Crippen LogP contribution in [0.15, 0.2) is 0 Å². The lowest BCUT2D eigenvalue weighted by Crippen LogP contribution is -2.50. The summed E-state index contributed by atoms with van der Waals surface area (Å²) in [7, 11) is 1.44. The Labute approximate surface area is 112 Å². The van der Waals surface area contributed by atoms with Gasteiger partial charge in [0.25, 0.3) is 0 Å². The van der Waals surface area contributed by atoms with Crippen LogP contribution in [-0.2, 0) is 9.53 Å². The molecule has 0 aromatic rings. The number of unbranched alkanes of at least 4 members (excludes halogenated alkanes) is 4. The van der Waals surface area contributed by atoms with E-state index in [2.05, 4.69) is 13.8 Å². The lowest BCUT2D eigenvalue weighted by atomic mass is 9.68. The molecule has 18 heavy (non-hydrogen) atoms. The minimum absolute atomic E-state index is 0.162. The van der Waals surface area contributed by atoms with Crippen molar-refractivity contribution in [2.75, 3.05) is 7.11 Å². The minimum Gasteiger partial charge on any atom is -0.469 e. The second kappa shape index (κ2) is 7.78. The van der Waals surface area contributed by atoms with Crippen LogP contribution in [0.1, 0.15) is 72.6 Å². The Morgan fingerprint density at radius 2 is 1.67 bits per heavy atom. The Hall–Kier alpha value is -0.570. The van der Waals surface area contributed by atoms with E-state index in [-0.39, 0.29) is 16.9 Å². The van der Waals surface area contributed by atoms with Gasteiger partial charge in [-0.25, -0.2) is 0 Å². The Balaban J connectivity index is 4.36. The van der Waals surface area contributed by atoms with Gasteiger partial charge in [-0.15, -0.1) is 0 Å². The van der Waals surface area contributed by atoms with Gasteiger partial charge in [0.15, 0.2) is 0 Å². The largest absolute Gasteiger partial charge is 0.469 e. The standard InChI is InChI=1S/C15H31NO2/c1-6-7-8-9-10-11-15(4,14(2,3)16)12-13(17)18-5/h6-12,16H2,1-5H3. The number of methoxy groups -OCH3 is 1. The number of hydrogen-bond acceptors (Lipinski definition) is 3. The van der Waals surface area contributed by atoms with Crippen molar-refractivity contribution in [3.63, 3.8) is 0 Å². The van der Waals surface area contributed by atoms with E-state index < -0.39 is 0 Å². The number of carbonyl (C=O) groups is 1. The van der Waals surface area contributed by atoms with Crippen LogP contribution in [0, 0.1) is 5.41 Å². The Bertz CT molecular complexity index is 245. The molecule has 0 spiro atoms. The molecular weight excluding hydrogens is 226 g/mol. The summed E-state index contributed by atoms with van der Waals surface area (Å²) in [6.45, 7) is 8.32. The van der Waals surface area contributed by atoms with E-state index in [4.69, 9.17) is 10.5 Å². The van der Waals surface area contributed by atoms with Crippen molar-refractivity contribution >= 4 is 5.97 Å². The number of hydrogen-bond donors (Lipinski definition) is 1. The highest BCUT2D eigenvalue weighted by Gasteiger charge is 2.39. The normalized spacial score (nSPS) is 15.2. The van der Waals surface area contributed by atoms with Crippen molar-refractivity contribution in [2.45, 2.75) is 78.2 Å². The summed E-state index contributed by atoms with van der Waals surface area (Å²) in [5.74, 6) is -0.162. The molecular formula is C15H31NO2. The van der Waals surface area contributed by atoms with Crippen LogP contribution >= 0.6 is 0 Å². The van der Waals surface area contributed by atoms with Crippen LogP contribution < -0.4 is 5.73 Å². The van der Waals surface area contributed by atoms with Crippen molar-refractivity contribution < 1.29 is 9.53 Å². The summed E-state index contributed by atoms with van der Waals surface area (Å²) in [6.07, 6.45) is 7.56. The number of rotatable bonds is 9. The molecule has 2 N–H and O–H groups in total. The SMILES string of the molecule is CCCCCCCC(C)(CC(=O)OC)C(C)(C)N. The predicted molar refractivity (Wildman–Crippen MR) is 76.4 cm³/mol. The second-order valence-electron chi connectivity index (χ2n) is 6.20. The average molecular weight is 257 g/mol. The summed E-state index contributed by atoms with van der Waals surface area (Å²) >= 11 is 0. The summed E-state index contributed by atoms with van der Waals surface area (Å²) < 4.78 is 4.79. The van der Waals surface area contributed by atoms with Crippen molar-refractivity contribution in [3.05, 3.63) is 0 Å². The van der Waals surface area contributed by atoms with E-state index >= 15 is 0 Å². The van der Waals surface area contributed by atoms with Crippen LogP contribution in [0.4, 0.5) is 0 Å². The van der Waals surface area contributed by atoms with Gasteiger partial charge < -0.3 is 10.5 Å². The van der Waals surface area contributed by atoms with E-state index in [0.717, 1.165) is 12.8 Å². The van der Waals surface area contributed by atoms with Gasteiger partial charge in [0.05, 0.1) is 13.5 Å². The van der Waals surface area contributed by atoms with Crippen molar-refractivity contribution in [1.29, 1.82) is 0 Å². The number of ether oxygens (including phenoxy) is 1. The van der Waals surface area contributed by atoms with Crippen LogP contribution in [0.25, 0.3) is 0 Å². The highest BCUT2D eigenvalue weighted by Crippen LogP contribution is 2.38. The Kier molecular flexibility index (Phi) is 7.53. The molecule has 0 amide bonds. The molecule has 3 nitrogen and oxygen atoms in total. The molecule has 0 rings (SSSR count). The monoisotopic (exact) mass is 257 g/mol. The fraction of sp³-hybridized carbons (Fsp3) is 0.933. The van der Waals surface area contributed by atoms with E-state index in [0.29, 0.717) is 6.42 Å². The zero-order valence-corrected chi connectivity index (χ0v) is 12.8. The maximum absolute atomic E-state index is 11.5. The maximum Gasteiger partial charge on any atom is 0.306 e. The van der Waals surface area contributed by atoms with Gasteiger partial charge >= 0.3 is 5.97 Å². The molecule has 1 unspecified atom stereocenters. The molecule has 0 fully saturated rings. The minimum atomic E-state index is -0.369. The van der Waals surface area contributed by atoms with Crippen molar-refractivity contribution in [1.82, 2.24) is 0 Å². The zero-order chi connectivity index (χ0) is 14.2. The van der Waals surface area contributed by atoms with E-state index in [1.807, 2.05) is 13.8 Å². The predicted octanol–water partition coefficient (Wildman–Crippen LogP) is 3.65. The van der Waals surface area contributed by atoms with E-state index in [1.165, 1.54) is 32.8 Å². The van der Waals surface area contributed by atoms with Crippen LogP contribution in [0.5, 0.6) is 0 Å². The van der Waals surface area contributed by atoms with E-state index in [9.17, 15) is 4.79 Å². The quantitative estimate of drug-likeness (QED) is 0.506. The fourth-order valence-electron chi connectivity index (χ4n) is 2.15. The molecule has 0 saturated heterocycles. The fourth-order valence-corrected chi connectivity index (χ4v) is 2.15. The molecule has 0 saturated carbocycles. The number of carbonyl (C=O) groups excluding carboxylic acids is 1. The van der Waals surface area contributed by atoms with Crippen LogP contribution in [0.3, 0.4) is 0 Å². The first kappa shape index (κ1) is 17.4. The maximum atomic E-state index is 11.5. The van der Waals surface area contributed by atoms with Gasteiger partial charge in [-0.3, -0.25) is 4.79 Å². The van der Waals surface area contributed by atoms with Gasteiger partial charge in [-0.1, -0.05) is 46.0 Å². The topological polar surface area (TPSA) is 52.3 Å². The van der Waals surface area contributed by atoms with Gasteiger partial charge in [0.2, 0.25) is 0 Å². The summed E-state index contributed by atoms with van der Waals surface area (Å²) in [5, 5.41) is 0. The molecule has 0 aliphatic rings. The smallest absolute Gasteiger partial charge is 0.306 e. The lowest BCUT2D eigenvalue weighted by Gasteiger charge is -2.41. The van der Waals surface area contributed by atoms with E-state index in [1.54, 1.807) is 0 Å². The Morgan fingerprint density at radius 3 is 2.11 bits per heavy atom. The molecule has 0 aromatic carbocycles. The third-order valence-corrected chi connectivity index (χ3v) is 4.15. The second-order valence-corrected chi connectivity index (χ2v) is 6.20. The first-order chi connectivity index (χ1) is 8.27. The van der Waals surface area contributed by atoms with Crippen LogP contribution in [-0.4, -0.2) is 18.6 Å². The first-order valence-corrected chi connectivity index (χ1v) is 7.12. The third kappa shape index (κ3) is 5.85. The number of nitrogens with two attached hydrogens (primary N) is 1. The third-order valence-electron chi connectivity index (χ3n) is 4.15. The summed E-state index contributed by atoms with van der Waals surface area (Å²) in [5.41, 5.74) is 5.69. The van der Waals surface area contributed by atoms with Gasteiger partial charge in [-0.2, -0.15) is 0 Å². The number of esters is 1. The van der Waals surface area contributed by atoms with Gasteiger partial charge in [-0.05, 0) is 25.7 Å².